The molecule has 5 aromatic rings. The summed E-state index contributed by atoms with van der Waals surface area (Å²) in [5, 5.41) is 11.3. The molecule has 0 saturated heterocycles. The Bertz CT molecular complexity index is 1670. The molecule has 0 aliphatic heterocycles. The first kappa shape index (κ1) is 18.8. The molecule has 34 heavy (non-hydrogen) atoms. The number of aromatic nitrogens is 1. The molecule has 3 nitrogen and oxygen atoms in total. The molecule has 0 spiro atoms. The van der Waals surface area contributed by atoms with E-state index >= 15 is 0 Å². The predicted octanol–water partition coefficient (Wildman–Crippen LogP) is 7.65. The second-order valence-corrected chi connectivity index (χ2v) is 7.21. The van der Waals surface area contributed by atoms with Gasteiger partial charge in [-0.25, -0.2) is 5.71 Å². The summed E-state index contributed by atoms with van der Waals surface area (Å²) in [5.74, 6) is 0. The molecule has 0 unspecified atom stereocenters. The molecule has 0 atom stereocenters. The summed E-state index contributed by atoms with van der Waals surface area (Å²) in [5.41, 5.74) is 3.82. The van der Waals surface area contributed by atoms with Crippen molar-refractivity contribution in [3.63, 3.8) is 0 Å². The third-order valence-corrected chi connectivity index (χ3v) is 4.90. The van der Waals surface area contributed by atoms with Crippen LogP contribution in [0, 0.1) is 25.9 Å². The van der Waals surface area contributed by atoms with Gasteiger partial charge in [0.15, 0.2) is 0 Å². The first-order valence-corrected chi connectivity index (χ1v) is 10.2. The number of fused-ring (bicyclic) bond motifs is 3. The summed E-state index contributed by atoms with van der Waals surface area (Å²) in [4.78, 5) is 4.11. The van der Waals surface area contributed by atoms with E-state index < -0.39 is 6.85 Å². The van der Waals surface area contributed by atoms with Crippen LogP contribution in [0.4, 0.5) is 0 Å². The van der Waals surface area contributed by atoms with E-state index in [0.717, 1.165) is 28.1 Å². The number of para-hydroxylation sites is 1. The van der Waals surface area contributed by atoms with Gasteiger partial charge >= 0.3 is 20.1 Å². The SMILES string of the molecule is C=C/C=C\C(=[N-])c1[c-]cccc1.[2H]c1c(C([2H])([2H])[2H])cnc(-c2[c-]cc3c(c2)oc2c(C)cccc23)c1[2H].[Ir+3]. The molecule has 0 aliphatic rings. The van der Waals surface area contributed by atoms with Crippen LogP contribution in [0.15, 0.2) is 102 Å². The van der Waals surface area contributed by atoms with Gasteiger partial charge in [0.25, 0.3) is 0 Å². The number of hydrogen-bond acceptors (Lipinski definition) is 2. The molecule has 0 radical (unpaired) electrons. The van der Waals surface area contributed by atoms with Crippen molar-refractivity contribution < 1.29 is 31.4 Å². The fraction of sp³-hybridized carbons (Fsp3) is 0.0667. The summed E-state index contributed by atoms with van der Waals surface area (Å²) < 4.78 is 44.4. The molecule has 0 fully saturated rings. The fourth-order valence-electron chi connectivity index (χ4n) is 3.27. The van der Waals surface area contributed by atoms with Gasteiger partial charge < -0.3 is 14.8 Å². The van der Waals surface area contributed by atoms with Crippen molar-refractivity contribution in [2.75, 3.05) is 0 Å². The maximum Gasteiger partial charge on any atom is 3.00 e. The molecule has 0 saturated carbocycles. The topological polar surface area (TPSA) is 48.3 Å². The first-order chi connectivity index (χ1) is 18.1. The van der Waals surface area contributed by atoms with Crippen LogP contribution >= 0.6 is 0 Å². The maximum atomic E-state index is 9.40. The molecule has 168 valence electrons. The van der Waals surface area contributed by atoms with E-state index in [4.69, 9.17) is 11.3 Å². The molecular weight excluding hydrogens is 597 g/mol. The Labute approximate surface area is 220 Å². The van der Waals surface area contributed by atoms with Gasteiger partial charge in [-0.1, -0.05) is 60.5 Å². The van der Waals surface area contributed by atoms with Gasteiger partial charge in [-0.2, -0.15) is 5.56 Å². The maximum absolute atomic E-state index is 9.40. The molecule has 3 aromatic carbocycles. The summed E-state index contributed by atoms with van der Waals surface area (Å²) >= 11 is 0. The van der Waals surface area contributed by atoms with Crippen molar-refractivity contribution >= 4 is 27.7 Å². The van der Waals surface area contributed by atoms with Crippen LogP contribution in [0.3, 0.4) is 0 Å². The molecule has 0 amide bonds. The molecule has 0 bridgehead atoms. The minimum absolute atomic E-state index is 0. The Hall–Kier alpha value is -3.59. The predicted molar refractivity (Wildman–Crippen MR) is 137 cm³/mol. The number of nitrogens with zero attached hydrogens (tertiary/aromatic N) is 2. The fourth-order valence-corrected chi connectivity index (χ4v) is 3.27. The molecule has 0 aliphatic carbocycles. The van der Waals surface area contributed by atoms with Crippen LogP contribution in [0.5, 0.6) is 0 Å². The van der Waals surface area contributed by atoms with Gasteiger partial charge in [0, 0.05) is 10.3 Å². The monoisotopic (exact) mass is 625 g/mol. The van der Waals surface area contributed by atoms with Crippen LogP contribution in [0.25, 0.3) is 38.6 Å². The van der Waals surface area contributed by atoms with Crippen LogP contribution in [-0.4, -0.2) is 10.7 Å². The zero-order chi connectivity index (χ0) is 27.4. The number of aryl methyl sites for hydroxylation is 2. The van der Waals surface area contributed by atoms with E-state index in [1.165, 1.54) is 0 Å². The van der Waals surface area contributed by atoms with Gasteiger partial charge in [-0.3, -0.25) is 0 Å². The van der Waals surface area contributed by atoms with Crippen molar-refractivity contribution in [1.29, 1.82) is 0 Å². The number of allylic oxidation sites excluding steroid dienone is 3. The number of hydrogen-bond donors (Lipinski definition) is 0. The van der Waals surface area contributed by atoms with Crippen molar-refractivity contribution in [3.8, 4) is 11.3 Å². The summed E-state index contributed by atoms with van der Waals surface area (Å²) in [6.45, 7) is 3.01. The van der Waals surface area contributed by atoms with E-state index in [0.29, 0.717) is 16.7 Å². The van der Waals surface area contributed by atoms with Crippen LogP contribution in [0.1, 0.15) is 23.5 Å². The minimum Gasteiger partial charge on any atom is -0.855 e. The average molecular weight is 625 g/mol. The third kappa shape index (κ3) is 5.66. The summed E-state index contributed by atoms with van der Waals surface area (Å²) in [6, 6.07) is 22.1. The Morgan fingerprint density at radius 1 is 1.18 bits per heavy atom. The van der Waals surface area contributed by atoms with Gasteiger partial charge in [0.05, 0.1) is 8.32 Å². The van der Waals surface area contributed by atoms with Crippen molar-refractivity contribution in [2.45, 2.75) is 13.8 Å². The van der Waals surface area contributed by atoms with Gasteiger partial charge in [0.2, 0.25) is 0 Å². The Morgan fingerprint density at radius 3 is 2.82 bits per heavy atom. The number of pyridine rings is 1. The van der Waals surface area contributed by atoms with Crippen LogP contribution < -0.4 is 0 Å². The largest absolute Gasteiger partial charge is 3.00 e. The summed E-state index contributed by atoms with van der Waals surface area (Å²) in [6.07, 6.45) is 6.01. The molecular formula is C30H23IrN2O. The van der Waals surface area contributed by atoms with E-state index in [1.54, 1.807) is 42.5 Å². The average Bonchev–Trinajstić information content (AvgIpc) is 3.28. The van der Waals surface area contributed by atoms with E-state index in [9.17, 15) is 5.41 Å². The number of furan rings is 1. The molecule has 5 rings (SSSR count). The third-order valence-electron chi connectivity index (χ3n) is 4.90. The second-order valence-electron chi connectivity index (χ2n) is 7.21. The zero-order valence-corrected chi connectivity index (χ0v) is 20.7. The first-order valence-electron chi connectivity index (χ1n) is 12.7. The number of benzene rings is 3. The van der Waals surface area contributed by atoms with Gasteiger partial charge in [0.1, 0.15) is 5.58 Å². The van der Waals surface area contributed by atoms with E-state index in [-0.39, 0.29) is 49.2 Å². The summed E-state index contributed by atoms with van der Waals surface area (Å²) in [7, 11) is 0. The zero-order valence-electron chi connectivity index (χ0n) is 23.3. The molecule has 2 heterocycles. The standard InChI is InChI=1S/C19H14NO.C11H9N.Ir/c1-12-6-9-17(20-11-12)14-7-8-15-16-5-3-4-13(2)19(16)21-18(15)10-14;1-2-3-9-11(12)10-7-5-4-6-8-10;/h3-6,8-11H,1-2H3;2-7,9H,1H2;/q-1;-2;+3/b;9-3-;/i1D3,6D,9D;;. The normalized spacial score (nSPS) is 13.0. The molecule has 4 heteroatoms. The Kier molecular flexibility index (Phi) is 6.36. The van der Waals surface area contributed by atoms with E-state index in [2.05, 4.69) is 23.7 Å². The Balaban J connectivity index is 0.000000274. The van der Waals surface area contributed by atoms with Crippen LogP contribution in [-0.2, 0) is 20.1 Å². The van der Waals surface area contributed by atoms with Crippen LogP contribution in [0.2, 0.25) is 0 Å². The molecule has 0 N–H and O–H groups in total. The van der Waals surface area contributed by atoms with E-state index in [1.807, 2.05) is 37.3 Å². The van der Waals surface area contributed by atoms with Crippen molar-refractivity contribution in [3.05, 3.63) is 132 Å². The molecule has 2 aromatic heterocycles. The number of rotatable bonds is 4. The Morgan fingerprint density at radius 2 is 2.06 bits per heavy atom. The quantitative estimate of drug-likeness (QED) is 0.117. The second kappa shape index (κ2) is 11.5. The van der Waals surface area contributed by atoms with Crippen molar-refractivity contribution in [1.82, 2.24) is 4.98 Å². The van der Waals surface area contributed by atoms with Crippen molar-refractivity contribution in [2.24, 2.45) is 0 Å². The van der Waals surface area contributed by atoms with Gasteiger partial charge in [-0.05, 0) is 36.0 Å². The van der Waals surface area contributed by atoms with Gasteiger partial charge in [-0.15, -0.1) is 54.1 Å². The smallest absolute Gasteiger partial charge is 0.855 e. The minimum atomic E-state index is -2.47.